The van der Waals surface area contributed by atoms with Crippen molar-refractivity contribution >= 4 is 11.6 Å². The summed E-state index contributed by atoms with van der Waals surface area (Å²) >= 11 is 6.24. The average molecular weight is 260 g/mol. The summed E-state index contributed by atoms with van der Waals surface area (Å²) in [5.74, 6) is 0. The summed E-state index contributed by atoms with van der Waals surface area (Å²) in [6, 6.07) is 14.4. The second-order valence-electron chi connectivity index (χ2n) is 4.82. The molecule has 0 spiro atoms. The first kappa shape index (κ1) is 13.1. The lowest BCUT2D eigenvalue weighted by Gasteiger charge is -2.14. The van der Waals surface area contributed by atoms with Gasteiger partial charge in [0.1, 0.15) is 0 Å². The Hall–Kier alpha value is -1.31. The highest BCUT2D eigenvalue weighted by Crippen LogP contribution is 2.25. The lowest BCUT2D eigenvalue weighted by molar-refractivity contribution is 0.722. The van der Waals surface area contributed by atoms with E-state index in [9.17, 15) is 0 Å². The number of nitrogens with two attached hydrogens (primary N) is 1. The van der Waals surface area contributed by atoms with Gasteiger partial charge in [0.2, 0.25) is 0 Å². The van der Waals surface area contributed by atoms with Crippen molar-refractivity contribution < 1.29 is 0 Å². The van der Waals surface area contributed by atoms with E-state index in [1.807, 2.05) is 19.1 Å². The number of hydrogen-bond donors (Lipinski definition) is 1. The van der Waals surface area contributed by atoms with Crippen LogP contribution in [0, 0.1) is 13.8 Å². The van der Waals surface area contributed by atoms with Crippen molar-refractivity contribution in [3.63, 3.8) is 0 Å². The molecule has 0 aliphatic carbocycles. The van der Waals surface area contributed by atoms with Crippen LogP contribution in [0.25, 0.3) is 0 Å². The molecule has 2 rings (SSSR count). The maximum absolute atomic E-state index is 6.24. The van der Waals surface area contributed by atoms with Gasteiger partial charge in [0.05, 0.1) is 0 Å². The third-order valence-electron chi connectivity index (χ3n) is 3.13. The van der Waals surface area contributed by atoms with E-state index in [1.165, 1.54) is 11.1 Å². The molecule has 2 heteroatoms. The summed E-state index contributed by atoms with van der Waals surface area (Å²) < 4.78 is 0. The van der Waals surface area contributed by atoms with Crippen molar-refractivity contribution in [1.29, 1.82) is 0 Å². The van der Waals surface area contributed by atoms with E-state index in [0.717, 1.165) is 22.6 Å². The van der Waals surface area contributed by atoms with Gasteiger partial charge in [-0.1, -0.05) is 53.6 Å². The number of benzene rings is 2. The molecule has 0 fully saturated rings. The summed E-state index contributed by atoms with van der Waals surface area (Å²) in [5, 5.41) is 0.759. The molecule has 0 saturated heterocycles. The third kappa shape index (κ3) is 3.12. The standard InChI is InChI=1S/C16H18ClN/c1-11-3-6-13(7-4-11)10-16(18)14-8-5-12(2)9-15(14)17/h3-9,16H,10,18H2,1-2H3. The van der Waals surface area contributed by atoms with Crippen molar-refractivity contribution in [2.24, 2.45) is 5.73 Å². The van der Waals surface area contributed by atoms with Gasteiger partial charge in [-0.3, -0.25) is 0 Å². The highest BCUT2D eigenvalue weighted by molar-refractivity contribution is 6.31. The monoisotopic (exact) mass is 259 g/mol. The predicted octanol–water partition coefficient (Wildman–Crippen LogP) is 4.20. The molecule has 0 amide bonds. The van der Waals surface area contributed by atoms with Crippen molar-refractivity contribution in [2.45, 2.75) is 26.3 Å². The molecule has 2 aromatic rings. The summed E-state index contributed by atoms with van der Waals surface area (Å²) in [5.41, 5.74) is 10.9. The third-order valence-corrected chi connectivity index (χ3v) is 3.46. The molecule has 0 bridgehead atoms. The van der Waals surface area contributed by atoms with Gasteiger partial charge in [-0.15, -0.1) is 0 Å². The molecule has 0 aromatic heterocycles. The van der Waals surface area contributed by atoms with Crippen molar-refractivity contribution in [3.05, 3.63) is 69.7 Å². The number of aryl methyl sites for hydroxylation is 2. The molecule has 2 aromatic carbocycles. The highest BCUT2D eigenvalue weighted by Gasteiger charge is 2.10. The quantitative estimate of drug-likeness (QED) is 0.878. The largest absolute Gasteiger partial charge is 0.324 e. The number of rotatable bonds is 3. The number of hydrogen-bond acceptors (Lipinski definition) is 1. The topological polar surface area (TPSA) is 26.0 Å². The first-order valence-corrected chi connectivity index (χ1v) is 6.51. The Kier molecular flexibility index (Phi) is 4.05. The van der Waals surface area contributed by atoms with Gasteiger partial charge in [-0.2, -0.15) is 0 Å². The minimum Gasteiger partial charge on any atom is -0.324 e. The van der Waals surface area contributed by atoms with E-state index >= 15 is 0 Å². The van der Waals surface area contributed by atoms with Crippen molar-refractivity contribution in [2.75, 3.05) is 0 Å². The van der Waals surface area contributed by atoms with Gasteiger partial charge in [0.15, 0.2) is 0 Å². The maximum atomic E-state index is 6.24. The molecule has 0 saturated carbocycles. The molecule has 0 aliphatic rings. The van der Waals surface area contributed by atoms with Crippen LogP contribution in [-0.4, -0.2) is 0 Å². The van der Waals surface area contributed by atoms with Crippen LogP contribution < -0.4 is 5.73 Å². The molecule has 0 radical (unpaired) electrons. The Morgan fingerprint density at radius 3 is 2.22 bits per heavy atom. The average Bonchev–Trinajstić information content (AvgIpc) is 2.32. The van der Waals surface area contributed by atoms with Gasteiger partial charge in [-0.25, -0.2) is 0 Å². The molecule has 2 N–H and O–H groups in total. The van der Waals surface area contributed by atoms with Crippen LogP contribution in [0.5, 0.6) is 0 Å². The molecule has 1 unspecified atom stereocenters. The van der Waals surface area contributed by atoms with Crippen LogP contribution in [0.15, 0.2) is 42.5 Å². The summed E-state index contributed by atoms with van der Waals surface area (Å²) in [6.07, 6.45) is 0.809. The summed E-state index contributed by atoms with van der Waals surface area (Å²) in [7, 11) is 0. The fraction of sp³-hybridized carbons (Fsp3) is 0.250. The zero-order valence-corrected chi connectivity index (χ0v) is 11.5. The van der Waals surface area contributed by atoms with Gasteiger partial charge >= 0.3 is 0 Å². The summed E-state index contributed by atoms with van der Waals surface area (Å²) in [4.78, 5) is 0. The Morgan fingerprint density at radius 2 is 1.61 bits per heavy atom. The Labute approximate surface area is 114 Å². The fourth-order valence-electron chi connectivity index (χ4n) is 2.02. The lowest BCUT2D eigenvalue weighted by atomic mass is 9.98. The Morgan fingerprint density at radius 1 is 1.00 bits per heavy atom. The SMILES string of the molecule is Cc1ccc(CC(N)c2ccc(C)cc2Cl)cc1. The predicted molar refractivity (Wildman–Crippen MR) is 78.0 cm³/mol. The first-order valence-electron chi connectivity index (χ1n) is 6.13. The molecule has 1 atom stereocenters. The van der Waals surface area contributed by atoms with Crippen molar-refractivity contribution in [3.8, 4) is 0 Å². The fourth-order valence-corrected chi connectivity index (χ4v) is 2.40. The van der Waals surface area contributed by atoms with Gasteiger partial charge in [-0.05, 0) is 43.0 Å². The van der Waals surface area contributed by atoms with Crippen LogP contribution in [0.4, 0.5) is 0 Å². The van der Waals surface area contributed by atoms with Crippen LogP contribution in [0.1, 0.15) is 28.3 Å². The molecule has 94 valence electrons. The molecular weight excluding hydrogens is 242 g/mol. The zero-order chi connectivity index (χ0) is 13.1. The second-order valence-corrected chi connectivity index (χ2v) is 5.23. The second kappa shape index (κ2) is 5.55. The highest BCUT2D eigenvalue weighted by atomic mass is 35.5. The lowest BCUT2D eigenvalue weighted by Crippen LogP contribution is -2.13. The molecule has 18 heavy (non-hydrogen) atoms. The Balaban J connectivity index is 2.16. The minimum absolute atomic E-state index is 0.0548. The van der Waals surface area contributed by atoms with E-state index < -0.39 is 0 Å². The van der Waals surface area contributed by atoms with Gasteiger partial charge in [0, 0.05) is 11.1 Å². The Bertz CT molecular complexity index is 531. The van der Waals surface area contributed by atoms with E-state index in [1.54, 1.807) is 0 Å². The zero-order valence-electron chi connectivity index (χ0n) is 10.8. The van der Waals surface area contributed by atoms with E-state index in [4.69, 9.17) is 17.3 Å². The van der Waals surface area contributed by atoms with Crippen molar-refractivity contribution in [1.82, 2.24) is 0 Å². The molecule has 0 aliphatic heterocycles. The molecule has 1 nitrogen and oxygen atoms in total. The van der Waals surface area contributed by atoms with Crippen LogP contribution in [0.3, 0.4) is 0 Å². The maximum Gasteiger partial charge on any atom is 0.0456 e. The van der Waals surface area contributed by atoms with Gasteiger partial charge in [0.25, 0.3) is 0 Å². The van der Waals surface area contributed by atoms with Crippen LogP contribution in [0.2, 0.25) is 5.02 Å². The minimum atomic E-state index is -0.0548. The van der Waals surface area contributed by atoms with E-state index in [-0.39, 0.29) is 6.04 Å². The van der Waals surface area contributed by atoms with E-state index in [2.05, 4.69) is 37.3 Å². The summed E-state index contributed by atoms with van der Waals surface area (Å²) in [6.45, 7) is 4.11. The number of halogens is 1. The van der Waals surface area contributed by atoms with E-state index in [0.29, 0.717) is 0 Å². The smallest absolute Gasteiger partial charge is 0.0456 e. The molecular formula is C16H18ClN. The van der Waals surface area contributed by atoms with Crippen LogP contribution >= 0.6 is 11.6 Å². The van der Waals surface area contributed by atoms with Gasteiger partial charge < -0.3 is 5.73 Å². The molecule has 0 heterocycles. The first-order chi connectivity index (χ1) is 8.56. The van der Waals surface area contributed by atoms with Crippen LogP contribution in [-0.2, 0) is 6.42 Å². The normalized spacial score (nSPS) is 12.4.